The van der Waals surface area contributed by atoms with Crippen LogP contribution in [0.2, 0.25) is 5.02 Å². The topological polar surface area (TPSA) is 64.4 Å². The normalized spacial score (nSPS) is 16.5. The third kappa shape index (κ3) is 3.89. The Kier molecular flexibility index (Phi) is 5.13. The second-order valence-electron chi connectivity index (χ2n) is 4.70. The molecule has 1 aliphatic heterocycles. The zero-order valence-electron chi connectivity index (χ0n) is 10.6. The van der Waals surface area contributed by atoms with E-state index in [9.17, 15) is 10.1 Å². The summed E-state index contributed by atoms with van der Waals surface area (Å²) in [6.45, 7) is 2.85. The third-order valence-electron chi connectivity index (χ3n) is 3.35. The van der Waals surface area contributed by atoms with Crippen molar-refractivity contribution in [1.29, 1.82) is 0 Å². The van der Waals surface area contributed by atoms with Crippen molar-refractivity contribution in [2.24, 2.45) is 5.92 Å². The summed E-state index contributed by atoms with van der Waals surface area (Å²) < 4.78 is 5.61. The van der Waals surface area contributed by atoms with E-state index in [2.05, 4.69) is 5.32 Å². The van der Waals surface area contributed by atoms with Crippen molar-refractivity contribution in [2.75, 3.05) is 19.7 Å². The summed E-state index contributed by atoms with van der Waals surface area (Å²) in [6, 6.07) is 4.68. The molecule has 1 aliphatic rings. The fourth-order valence-corrected chi connectivity index (χ4v) is 2.46. The maximum atomic E-state index is 10.9. The molecule has 5 nitrogen and oxygen atoms in total. The number of nitrogens with one attached hydrogen (secondary N) is 1. The number of rotatable bonds is 5. The number of nitrogens with zero attached hydrogens (tertiary/aromatic N) is 1. The van der Waals surface area contributed by atoms with Gasteiger partial charge in [0.1, 0.15) is 0 Å². The molecular weight excluding hydrogens is 268 g/mol. The van der Waals surface area contributed by atoms with Gasteiger partial charge in [0, 0.05) is 12.7 Å². The number of hydrogen-bond donors (Lipinski definition) is 1. The van der Waals surface area contributed by atoms with E-state index < -0.39 is 4.92 Å². The fraction of sp³-hybridized carbons (Fsp3) is 0.538. The van der Waals surface area contributed by atoms with Crippen LogP contribution in [-0.4, -0.2) is 24.6 Å². The van der Waals surface area contributed by atoms with Crippen molar-refractivity contribution in [3.8, 4) is 0 Å². The maximum absolute atomic E-state index is 10.9. The summed E-state index contributed by atoms with van der Waals surface area (Å²) in [5.74, 6) is 0.530. The van der Waals surface area contributed by atoms with Gasteiger partial charge in [0.05, 0.1) is 22.1 Å². The van der Waals surface area contributed by atoms with Gasteiger partial charge >= 0.3 is 0 Å². The molecule has 1 heterocycles. The Morgan fingerprint density at radius 2 is 2.16 bits per heavy atom. The second kappa shape index (κ2) is 6.84. The standard InChI is InChI=1S/C13H17ClN2O3/c14-12-2-1-3-13(16(17)18)11(12)9-19-8-10-4-6-15-7-5-10/h1-3,10,15H,4-9H2. The van der Waals surface area contributed by atoms with Crippen LogP contribution in [0, 0.1) is 16.0 Å². The average Bonchev–Trinajstić information content (AvgIpc) is 2.41. The van der Waals surface area contributed by atoms with Crippen LogP contribution in [0.3, 0.4) is 0 Å². The highest BCUT2D eigenvalue weighted by molar-refractivity contribution is 6.31. The highest BCUT2D eigenvalue weighted by atomic mass is 35.5. The molecule has 1 saturated heterocycles. The molecule has 0 spiro atoms. The Hall–Kier alpha value is -1.17. The van der Waals surface area contributed by atoms with E-state index in [1.165, 1.54) is 6.07 Å². The van der Waals surface area contributed by atoms with Crippen LogP contribution in [0.4, 0.5) is 5.69 Å². The highest BCUT2D eigenvalue weighted by Gasteiger charge is 2.18. The lowest BCUT2D eigenvalue weighted by Gasteiger charge is -2.22. The molecule has 1 N–H and O–H groups in total. The van der Waals surface area contributed by atoms with E-state index in [1.807, 2.05) is 0 Å². The molecule has 19 heavy (non-hydrogen) atoms. The van der Waals surface area contributed by atoms with Crippen LogP contribution >= 0.6 is 11.6 Å². The Morgan fingerprint density at radius 1 is 1.42 bits per heavy atom. The van der Waals surface area contributed by atoms with Crippen molar-refractivity contribution in [1.82, 2.24) is 5.32 Å². The number of piperidine rings is 1. The molecule has 0 saturated carbocycles. The maximum Gasteiger partial charge on any atom is 0.276 e. The lowest BCUT2D eigenvalue weighted by atomic mass is 9.99. The van der Waals surface area contributed by atoms with Gasteiger partial charge in [0.15, 0.2) is 0 Å². The number of nitro groups is 1. The SMILES string of the molecule is O=[N+]([O-])c1cccc(Cl)c1COCC1CCNCC1. The quantitative estimate of drug-likeness (QED) is 0.667. The van der Waals surface area contributed by atoms with Crippen LogP contribution in [0.5, 0.6) is 0 Å². The van der Waals surface area contributed by atoms with Gasteiger partial charge in [-0.3, -0.25) is 10.1 Å². The zero-order chi connectivity index (χ0) is 13.7. The van der Waals surface area contributed by atoms with Crippen LogP contribution in [-0.2, 0) is 11.3 Å². The van der Waals surface area contributed by atoms with Gasteiger partial charge in [-0.05, 0) is 37.9 Å². The number of halogens is 1. The largest absolute Gasteiger partial charge is 0.376 e. The van der Waals surface area contributed by atoms with Gasteiger partial charge in [-0.1, -0.05) is 17.7 Å². The number of benzene rings is 1. The van der Waals surface area contributed by atoms with E-state index >= 15 is 0 Å². The minimum atomic E-state index is -0.422. The Balaban J connectivity index is 1.93. The molecule has 0 unspecified atom stereocenters. The molecule has 0 aliphatic carbocycles. The van der Waals surface area contributed by atoms with Gasteiger partial charge in [0.25, 0.3) is 5.69 Å². The molecule has 2 rings (SSSR count). The summed E-state index contributed by atoms with van der Waals surface area (Å²) in [5.41, 5.74) is 0.487. The molecule has 0 aromatic heterocycles. The van der Waals surface area contributed by atoms with Crippen LogP contribution < -0.4 is 5.32 Å². The van der Waals surface area contributed by atoms with Gasteiger partial charge in [-0.25, -0.2) is 0 Å². The van der Waals surface area contributed by atoms with E-state index in [0.717, 1.165) is 25.9 Å². The molecular formula is C13H17ClN2O3. The van der Waals surface area contributed by atoms with Crippen molar-refractivity contribution in [3.63, 3.8) is 0 Å². The van der Waals surface area contributed by atoms with Crippen molar-refractivity contribution < 1.29 is 9.66 Å². The van der Waals surface area contributed by atoms with Gasteiger partial charge in [-0.2, -0.15) is 0 Å². The predicted octanol–water partition coefficient (Wildman–Crippen LogP) is 2.76. The molecule has 6 heteroatoms. The Morgan fingerprint density at radius 3 is 2.84 bits per heavy atom. The van der Waals surface area contributed by atoms with E-state index in [4.69, 9.17) is 16.3 Å². The summed E-state index contributed by atoms with van der Waals surface area (Å²) in [6.07, 6.45) is 2.18. The van der Waals surface area contributed by atoms with Crippen molar-refractivity contribution in [3.05, 3.63) is 38.9 Å². The van der Waals surface area contributed by atoms with Gasteiger partial charge < -0.3 is 10.1 Å². The summed E-state index contributed by atoms with van der Waals surface area (Å²) in [7, 11) is 0. The molecule has 1 fully saturated rings. The molecule has 0 amide bonds. The van der Waals surface area contributed by atoms with E-state index in [1.54, 1.807) is 12.1 Å². The first-order valence-corrected chi connectivity index (χ1v) is 6.76. The molecule has 104 valence electrons. The first-order chi connectivity index (χ1) is 9.18. The number of hydrogen-bond acceptors (Lipinski definition) is 4. The molecule has 1 aromatic rings. The minimum absolute atomic E-state index is 0.0258. The first kappa shape index (κ1) is 14.2. The smallest absolute Gasteiger partial charge is 0.276 e. The number of ether oxygens (including phenoxy) is 1. The summed E-state index contributed by atoms with van der Waals surface area (Å²) in [4.78, 5) is 10.5. The average molecular weight is 285 g/mol. The van der Waals surface area contributed by atoms with Gasteiger partial charge in [0.2, 0.25) is 0 Å². The highest BCUT2D eigenvalue weighted by Crippen LogP contribution is 2.27. The fourth-order valence-electron chi connectivity index (χ4n) is 2.24. The molecule has 0 radical (unpaired) electrons. The third-order valence-corrected chi connectivity index (χ3v) is 3.70. The van der Waals surface area contributed by atoms with Crippen LogP contribution in [0.1, 0.15) is 18.4 Å². The van der Waals surface area contributed by atoms with E-state index in [0.29, 0.717) is 23.1 Å². The Bertz CT molecular complexity index is 448. The van der Waals surface area contributed by atoms with Crippen molar-refractivity contribution in [2.45, 2.75) is 19.4 Å². The second-order valence-corrected chi connectivity index (χ2v) is 5.11. The lowest BCUT2D eigenvalue weighted by molar-refractivity contribution is -0.385. The Labute approximate surface area is 117 Å². The number of nitro benzene ring substituents is 1. The molecule has 1 aromatic carbocycles. The first-order valence-electron chi connectivity index (χ1n) is 6.38. The van der Waals surface area contributed by atoms with E-state index in [-0.39, 0.29) is 12.3 Å². The zero-order valence-corrected chi connectivity index (χ0v) is 11.4. The predicted molar refractivity (Wildman–Crippen MR) is 73.4 cm³/mol. The molecule has 0 atom stereocenters. The summed E-state index contributed by atoms with van der Waals surface area (Å²) >= 11 is 6.00. The van der Waals surface area contributed by atoms with Crippen LogP contribution in [0.25, 0.3) is 0 Å². The van der Waals surface area contributed by atoms with Gasteiger partial charge in [-0.15, -0.1) is 0 Å². The molecule has 0 bridgehead atoms. The summed E-state index contributed by atoms with van der Waals surface area (Å²) in [5, 5.41) is 14.6. The van der Waals surface area contributed by atoms with Crippen LogP contribution in [0.15, 0.2) is 18.2 Å². The monoisotopic (exact) mass is 284 g/mol. The lowest BCUT2D eigenvalue weighted by Crippen LogP contribution is -2.29. The van der Waals surface area contributed by atoms with Crippen molar-refractivity contribution >= 4 is 17.3 Å². The minimum Gasteiger partial charge on any atom is -0.376 e.